The number of carbonyl (C=O) groups excluding carboxylic acids is 2. The molecule has 2 aromatic carbocycles. The quantitative estimate of drug-likeness (QED) is 0.796. The molecule has 1 aliphatic rings. The Labute approximate surface area is 148 Å². The van der Waals surface area contributed by atoms with Gasteiger partial charge in [-0.15, -0.1) is 0 Å². The number of carbonyl (C=O) groups is 2. The largest absolute Gasteiger partial charge is 0.351 e. The van der Waals surface area contributed by atoms with E-state index in [1.165, 1.54) is 5.56 Å². The summed E-state index contributed by atoms with van der Waals surface area (Å²) in [5, 5.41) is 5.90. The van der Waals surface area contributed by atoms with Gasteiger partial charge in [0.15, 0.2) is 0 Å². The van der Waals surface area contributed by atoms with Gasteiger partial charge < -0.3 is 10.6 Å². The number of benzene rings is 2. The van der Waals surface area contributed by atoms with E-state index >= 15 is 0 Å². The Morgan fingerprint density at radius 1 is 1.00 bits per heavy atom. The highest BCUT2D eigenvalue weighted by atomic mass is 16.2. The summed E-state index contributed by atoms with van der Waals surface area (Å²) in [4.78, 5) is 25.2. The molecule has 1 fully saturated rings. The van der Waals surface area contributed by atoms with Crippen molar-refractivity contribution in [3.05, 3.63) is 71.3 Å². The molecule has 1 saturated carbocycles. The minimum Gasteiger partial charge on any atom is -0.351 e. The highest BCUT2D eigenvalue weighted by Crippen LogP contribution is 2.46. The van der Waals surface area contributed by atoms with Crippen molar-refractivity contribution in [3.8, 4) is 0 Å². The second-order valence-electron chi connectivity index (χ2n) is 6.86. The van der Waals surface area contributed by atoms with Gasteiger partial charge in [-0.2, -0.15) is 0 Å². The topological polar surface area (TPSA) is 58.2 Å². The van der Waals surface area contributed by atoms with Gasteiger partial charge in [-0.05, 0) is 37.8 Å². The Morgan fingerprint density at radius 3 is 2.24 bits per heavy atom. The smallest absolute Gasteiger partial charge is 0.236 e. The summed E-state index contributed by atoms with van der Waals surface area (Å²) in [5.74, 6) is -0.351. The number of hydrogen-bond donors (Lipinski definition) is 2. The zero-order valence-corrected chi connectivity index (χ0v) is 14.7. The molecule has 0 heterocycles. The molecule has 0 bridgehead atoms. The van der Waals surface area contributed by atoms with E-state index in [0.29, 0.717) is 19.4 Å². The predicted molar refractivity (Wildman–Crippen MR) is 97.7 cm³/mol. The maximum Gasteiger partial charge on any atom is 0.236 e. The Kier molecular flexibility index (Phi) is 4.88. The average molecular weight is 336 g/mol. The summed E-state index contributed by atoms with van der Waals surface area (Å²) in [6.45, 7) is 4.41. The number of aryl methyl sites for hydroxylation is 1. The fraction of sp³-hybridized carbons (Fsp3) is 0.333. The fourth-order valence-electron chi connectivity index (χ4n) is 2.90. The van der Waals surface area contributed by atoms with Crippen LogP contribution >= 0.6 is 0 Å². The van der Waals surface area contributed by atoms with Crippen LogP contribution in [-0.4, -0.2) is 11.8 Å². The summed E-state index contributed by atoms with van der Waals surface area (Å²) in [7, 11) is 0. The SMILES string of the molecule is Cc1ccc(CNC(=O)C2(C(=O)NC(C)c3ccccc3)CC2)cc1. The Bertz CT molecular complexity index is 749. The summed E-state index contributed by atoms with van der Waals surface area (Å²) in [5.41, 5.74) is 2.36. The summed E-state index contributed by atoms with van der Waals surface area (Å²) < 4.78 is 0. The summed E-state index contributed by atoms with van der Waals surface area (Å²) >= 11 is 0. The van der Waals surface area contributed by atoms with Crippen molar-refractivity contribution in [2.24, 2.45) is 5.41 Å². The molecule has 2 N–H and O–H groups in total. The zero-order chi connectivity index (χ0) is 17.9. The minimum atomic E-state index is -0.895. The molecule has 2 aromatic rings. The zero-order valence-electron chi connectivity index (χ0n) is 14.7. The fourth-order valence-corrected chi connectivity index (χ4v) is 2.90. The molecule has 1 unspecified atom stereocenters. The molecule has 1 atom stereocenters. The van der Waals surface area contributed by atoms with Crippen molar-refractivity contribution in [2.75, 3.05) is 0 Å². The van der Waals surface area contributed by atoms with Crippen LogP contribution in [0, 0.1) is 12.3 Å². The van der Waals surface area contributed by atoms with Crippen LogP contribution < -0.4 is 10.6 Å². The van der Waals surface area contributed by atoms with Crippen molar-refractivity contribution in [1.29, 1.82) is 0 Å². The van der Waals surface area contributed by atoms with Crippen LogP contribution in [-0.2, 0) is 16.1 Å². The summed E-state index contributed by atoms with van der Waals surface area (Å²) in [6, 6.07) is 17.7. The van der Waals surface area contributed by atoms with E-state index < -0.39 is 5.41 Å². The van der Waals surface area contributed by atoms with Crippen molar-refractivity contribution in [2.45, 2.75) is 39.3 Å². The lowest BCUT2D eigenvalue weighted by molar-refractivity contribution is -0.137. The van der Waals surface area contributed by atoms with Crippen LogP contribution in [0.3, 0.4) is 0 Å². The monoisotopic (exact) mass is 336 g/mol. The third-order valence-corrected chi connectivity index (χ3v) is 4.84. The third-order valence-electron chi connectivity index (χ3n) is 4.84. The van der Waals surface area contributed by atoms with Crippen molar-refractivity contribution < 1.29 is 9.59 Å². The van der Waals surface area contributed by atoms with Gasteiger partial charge in [-0.25, -0.2) is 0 Å². The van der Waals surface area contributed by atoms with Crippen molar-refractivity contribution in [3.63, 3.8) is 0 Å². The number of amides is 2. The van der Waals surface area contributed by atoms with Gasteiger partial charge in [0.1, 0.15) is 5.41 Å². The third kappa shape index (κ3) is 3.90. The number of nitrogens with one attached hydrogen (secondary N) is 2. The molecule has 4 heteroatoms. The lowest BCUT2D eigenvalue weighted by Gasteiger charge is -2.19. The van der Waals surface area contributed by atoms with Crippen LogP contribution in [0.2, 0.25) is 0 Å². The van der Waals surface area contributed by atoms with Crippen LogP contribution in [0.25, 0.3) is 0 Å². The minimum absolute atomic E-state index is 0.115. The first-order valence-corrected chi connectivity index (χ1v) is 8.71. The first-order valence-electron chi connectivity index (χ1n) is 8.71. The molecule has 0 spiro atoms. The maximum atomic E-state index is 12.6. The second kappa shape index (κ2) is 7.09. The van der Waals surface area contributed by atoms with Crippen molar-refractivity contribution in [1.82, 2.24) is 10.6 Å². The predicted octanol–water partition coefficient (Wildman–Crippen LogP) is 3.27. The van der Waals surface area contributed by atoms with Gasteiger partial charge in [-0.1, -0.05) is 60.2 Å². The molecule has 4 nitrogen and oxygen atoms in total. The lowest BCUT2D eigenvalue weighted by atomic mass is 10.0. The molecule has 0 saturated heterocycles. The Morgan fingerprint density at radius 2 is 1.64 bits per heavy atom. The molecule has 0 aromatic heterocycles. The van der Waals surface area contributed by atoms with Crippen LogP contribution in [0.4, 0.5) is 0 Å². The molecule has 0 radical (unpaired) electrons. The van der Waals surface area contributed by atoms with E-state index in [1.807, 2.05) is 68.4 Å². The van der Waals surface area contributed by atoms with Gasteiger partial charge in [0.2, 0.25) is 11.8 Å². The van der Waals surface area contributed by atoms with Gasteiger partial charge in [-0.3, -0.25) is 9.59 Å². The van der Waals surface area contributed by atoms with Gasteiger partial charge in [0, 0.05) is 6.54 Å². The molecule has 1 aliphatic carbocycles. The van der Waals surface area contributed by atoms with Crippen LogP contribution in [0.15, 0.2) is 54.6 Å². The van der Waals surface area contributed by atoms with Gasteiger partial charge in [0.05, 0.1) is 6.04 Å². The molecular formula is C21H24N2O2. The lowest BCUT2D eigenvalue weighted by Crippen LogP contribution is -2.43. The van der Waals surface area contributed by atoms with E-state index in [4.69, 9.17) is 0 Å². The Hall–Kier alpha value is -2.62. The molecule has 130 valence electrons. The molecule has 25 heavy (non-hydrogen) atoms. The van der Waals surface area contributed by atoms with E-state index in [2.05, 4.69) is 10.6 Å². The van der Waals surface area contributed by atoms with Crippen LogP contribution in [0.1, 0.15) is 42.5 Å². The normalized spacial score (nSPS) is 15.9. The highest BCUT2D eigenvalue weighted by Gasteiger charge is 2.56. The van der Waals surface area contributed by atoms with E-state index in [0.717, 1.165) is 11.1 Å². The van der Waals surface area contributed by atoms with E-state index in [9.17, 15) is 9.59 Å². The van der Waals surface area contributed by atoms with E-state index in [1.54, 1.807) is 0 Å². The molecule has 0 aliphatic heterocycles. The highest BCUT2D eigenvalue weighted by molar-refractivity contribution is 6.07. The molecular weight excluding hydrogens is 312 g/mol. The summed E-state index contributed by atoms with van der Waals surface area (Å²) in [6.07, 6.45) is 1.22. The molecule has 2 amide bonds. The Balaban J connectivity index is 1.58. The van der Waals surface area contributed by atoms with Crippen LogP contribution in [0.5, 0.6) is 0 Å². The molecule has 3 rings (SSSR count). The van der Waals surface area contributed by atoms with Gasteiger partial charge >= 0.3 is 0 Å². The number of rotatable bonds is 6. The number of hydrogen-bond acceptors (Lipinski definition) is 2. The second-order valence-corrected chi connectivity index (χ2v) is 6.86. The maximum absolute atomic E-state index is 12.6. The van der Waals surface area contributed by atoms with Crippen molar-refractivity contribution >= 4 is 11.8 Å². The first kappa shape index (κ1) is 17.2. The van der Waals surface area contributed by atoms with Gasteiger partial charge in [0.25, 0.3) is 0 Å². The average Bonchev–Trinajstić information content (AvgIpc) is 3.44. The standard InChI is InChI=1S/C21H24N2O2/c1-15-8-10-17(11-9-15)14-22-19(24)21(12-13-21)20(25)23-16(2)18-6-4-3-5-7-18/h3-11,16H,12-14H2,1-2H3,(H,22,24)(H,23,25). The van der Waals surface area contributed by atoms with E-state index in [-0.39, 0.29) is 17.9 Å². The first-order chi connectivity index (χ1) is 12.0.